The van der Waals surface area contributed by atoms with E-state index in [-0.39, 0.29) is 5.91 Å². The van der Waals surface area contributed by atoms with Crippen LogP contribution in [0.1, 0.15) is 21.8 Å². The molecule has 2 aromatic rings. The molecule has 1 amide bonds. The van der Waals surface area contributed by atoms with E-state index in [9.17, 15) is 4.79 Å². The monoisotopic (exact) mass is 308 g/mol. The molecule has 6 heteroatoms. The Morgan fingerprint density at radius 1 is 1.45 bits per heavy atom. The lowest BCUT2D eigenvalue weighted by atomic mass is 10.1. The zero-order chi connectivity index (χ0) is 14.3. The van der Waals surface area contributed by atoms with Crippen LogP contribution in [0.4, 0.5) is 5.69 Å². The first-order valence-corrected chi connectivity index (χ1v) is 7.61. The van der Waals surface area contributed by atoms with Crippen molar-refractivity contribution in [2.24, 2.45) is 0 Å². The van der Waals surface area contributed by atoms with Crippen LogP contribution in [0.25, 0.3) is 0 Å². The molecule has 4 nitrogen and oxygen atoms in total. The second kappa shape index (κ2) is 5.14. The number of hydrogen-bond donors (Lipinski definition) is 0. The van der Waals surface area contributed by atoms with Gasteiger partial charge in [-0.3, -0.25) is 4.79 Å². The van der Waals surface area contributed by atoms with Crippen molar-refractivity contribution in [2.45, 2.75) is 18.7 Å². The van der Waals surface area contributed by atoms with Crippen LogP contribution in [0.5, 0.6) is 0 Å². The third-order valence-electron chi connectivity index (χ3n) is 3.28. The number of rotatable bonds is 1. The maximum Gasteiger partial charge on any atom is 0.263 e. The molecule has 2 heterocycles. The van der Waals surface area contributed by atoms with E-state index in [0.717, 1.165) is 16.3 Å². The van der Waals surface area contributed by atoms with Crippen LogP contribution in [0.3, 0.4) is 0 Å². The fourth-order valence-corrected chi connectivity index (χ4v) is 3.47. The van der Waals surface area contributed by atoms with E-state index in [4.69, 9.17) is 16.1 Å². The van der Waals surface area contributed by atoms with Crippen LogP contribution in [0.15, 0.2) is 27.6 Å². The molecule has 1 aromatic heterocycles. The second-order valence-corrected chi connectivity index (χ2v) is 6.19. The van der Waals surface area contributed by atoms with Gasteiger partial charge in [0, 0.05) is 22.2 Å². The molecule has 0 spiro atoms. The fraction of sp³-hybridized carbons (Fsp3) is 0.286. The number of thioether (sulfide) groups is 1. The Labute approximate surface area is 126 Å². The van der Waals surface area contributed by atoms with Crippen molar-refractivity contribution < 1.29 is 9.32 Å². The molecule has 1 aliphatic rings. The lowest BCUT2D eigenvalue weighted by Gasteiger charge is -2.29. The van der Waals surface area contributed by atoms with E-state index < -0.39 is 0 Å². The summed E-state index contributed by atoms with van der Waals surface area (Å²) in [6.45, 7) is 4.19. The second-order valence-electron chi connectivity index (χ2n) is 4.62. The summed E-state index contributed by atoms with van der Waals surface area (Å²) in [4.78, 5) is 15.6. The molecule has 104 valence electrons. The quantitative estimate of drug-likeness (QED) is 0.806. The molecule has 20 heavy (non-hydrogen) atoms. The van der Waals surface area contributed by atoms with E-state index in [0.29, 0.717) is 28.6 Å². The van der Waals surface area contributed by atoms with E-state index in [2.05, 4.69) is 5.16 Å². The minimum atomic E-state index is -0.0786. The van der Waals surface area contributed by atoms with E-state index in [1.54, 1.807) is 30.5 Å². The molecule has 0 saturated carbocycles. The Morgan fingerprint density at radius 2 is 2.25 bits per heavy atom. The summed E-state index contributed by atoms with van der Waals surface area (Å²) >= 11 is 7.79. The molecule has 1 aliphatic heterocycles. The van der Waals surface area contributed by atoms with Gasteiger partial charge in [0.2, 0.25) is 0 Å². The van der Waals surface area contributed by atoms with Gasteiger partial charge in [0.1, 0.15) is 11.3 Å². The normalized spacial score (nSPS) is 14.2. The number of aryl methyl sites for hydroxylation is 2. The minimum absolute atomic E-state index is 0.0786. The smallest absolute Gasteiger partial charge is 0.263 e. The highest BCUT2D eigenvalue weighted by Gasteiger charge is 2.28. The summed E-state index contributed by atoms with van der Waals surface area (Å²) in [5.74, 6) is 1.34. The Hall–Kier alpha value is -1.46. The Morgan fingerprint density at radius 3 is 2.95 bits per heavy atom. The summed E-state index contributed by atoms with van der Waals surface area (Å²) in [6, 6.07) is 5.63. The molecule has 3 rings (SSSR count). The molecular formula is C14H13ClN2O2S. The molecular weight excluding hydrogens is 296 g/mol. The van der Waals surface area contributed by atoms with Crippen molar-refractivity contribution in [3.05, 3.63) is 40.2 Å². The largest absolute Gasteiger partial charge is 0.361 e. The maximum atomic E-state index is 12.8. The Balaban J connectivity index is 2.05. The molecule has 1 aromatic carbocycles. The number of anilines is 1. The average Bonchev–Trinajstić information content (AvgIpc) is 2.77. The summed E-state index contributed by atoms with van der Waals surface area (Å²) in [7, 11) is 0. The van der Waals surface area contributed by atoms with E-state index in [1.807, 2.05) is 18.2 Å². The summed E-state index contributed by atoms with van der Waals surface area (Å²) in [5, 5.41) is 4.48. The van der Waals surface area contributed by atoms with Crippen molar-refractivity contribution >= 4 is 35.0 Å². The molecule has 0 unspecified atom stereocenters. The van der Waals surface area contributed by atoms with Gasteiger partial charge < -0.3 is 9.42 Å². The minimum Gasteiger partial charge on any atom is -0.361 e. The van der Waals surface area contributed by atoms with Crippen molar-refractivity contribution in [3.8, 4) is 0 Å². The van der Waals surface area contributed by atoms with Crippen LogP contribution in [0, 0.1) is 13.8 Å². The van der Waals surface area contributed by atoms with Crippen LogP contribution in [0.2, 0.25) is 5.02 Å². The predicted octanol–water partition coefficient (Wildman–Crippen LogP) is 3.70. The highest BCUT2D eigenvalue weighted by Crippen LogP contribution is 2.37. The van der Waals surface area contributed by atoms with Crippen molar-refractivity contribution in [1.29, 1.82) is 0 Å². The van der Waals surface area contributed by atoms with Gasteiger partial charge in [-0.2, -0.15) is 0 Å². The van der Waals surface area contributed by atoms with Gasteiger partial charge in [0.15, 0.2) is 0 Å². The SMILES string of the molecule is Cc1noc(C)c1C(=O)N1CCSc2ccc(Cl)cc21. The average molecular weight is 309 g/mol. The van der Waals surface area contributed by atoms with Crippen LogP contribution in [-0.2, 0) is 0 Å². The van der Waals surface area contributed by atoms with Gasteiger partial charge in [-0.1, -0.05) is 16.8 Å². The molecule has 0 fully saturated rings. The van der Waals surface area contributed by atoms with Gasteiger partial charge in [0.05, 0.1) is 11.4 Å². The molecule has 0 saturated heterocycles. The number of fused-ring (bicyclic) bond motifs is 1. The number of amides is 1. The third-order valence-corrected chi connectivity index (χ3v) is 4.55. The Bertz CT molecular complexity index is 664. The number of aromatic nitrogens is 1. The first-order valence-electron chi connectivity index (χ1n) is 6.25. The van der Waals surface area contributed by atoms with Gasteiger partial charge in [-0.05, 0) is 32.0 Å². The highest BCUT2D eigenvalue weighted by atomic mass is 35.5. The molecule has 0 aliphatic carbocycles. The van der Waals surface area contributed by atoms with Gasteiger partial charge in [-0.25, -0.2) is 0 Å². The number of benzene rings is 1. The third kappa shape index (κ3) is 2.21. The number of hydrogen-bond acceptors (Lipinski definition) is 4. The number of halogens is 1. The topological polar surface area (TPSA) is 46.3 Å². The predicted molar refractivity (Wildman–Crippen MR) is 79.8 cm³/mol. The zero-order valence-corrected chi connectivity index (χ0v) is 12.7. The number of carbonyl (C=O) groups excluding carboxylic acids is 1. The first-order chi connectivity index (χ1) is 9.58. The summed E-state index contributed by atoms with van der Waals surface area (Å²) in [6.07, 6.45) is 0. The van der Waals surface area contributed by atoms with Gasteiger partial charge in [0.25, 0.3) is 5.91 Å². The van der Waals surface area contributed by atoms with Crippen LogP contribution in [-0.4, -0.2) is 23.4 Å². The van der Waals surface area contributed by atoms with Gasteiger partial charge in [-0.15, -0.1) is 11.8 Å². The highest BCUT2D eigenvalue weighted by molar-refractivity contribution is 7.99. The van der Waals surface area contributed by atoms with E-state index >= 15 is 0 Å². The van der Waals surface area contributed by atoms with Crippen LogP contribution < -0.4 is 4.90 Å². The number of nitrogens with zero attached hydrogens (tertiary/aromatic N) is 2. The summed E-state index contributed by atoms with van der Waals surface area (Å²) < 4.78 is 5.09. The molecule has 0 bridgehead atoms. The first kappa shape index (κ1) is 13.5. The molecule has 0 radical (unpaired) electrons. The van der Waals surface area contributed by atoms with Gasteiger partial charge >= 0.3 is 0 Å². The van der Waals surface area contributed by atoms with Crippen LogP contribution >= 0.6 is 23.4 Å². The van der Waals surface area contributed by atoms with Crippen molar-refractivity contribution in [2.75, 3.05) is 17.2 Å². The summed E-state index contributed by atoms with van der Waals surface area (Å²) in [5.41, 5.74) is 2.02. The molecule has 0 atom stereocenters. The maximum absolute atomic E-state index is 12.8. The van der Waals surface area contributed by atoms with Crippen molar-refractivity contribution in [3.63, 3.8) is 0 Å². The van der Waals surface area contributed by atoms with E-state index in [1.165, 1.54) is 0 Å². The lowest BCUT2D eigenvalue weighted by molar-refractivity contribution is 0.0986. The fourth-order valence-electron chi connectivity index (χ4n) is 2.33. The Kier molecular flexibility index (Phi) is 3.48. The van der Waals surface area contributed by atoms with Crippen molar-refractivity contribution in [1.82, 2.24) is 5.16 Å². The zero-order valence-electron chi connectivity index (χ0n) is 11.1. The molecule has 0 N–H and O–H groups in total. The lowest BCUT2D eigenvalue weighted by Crippen LogP contribution is -2.36. The standard InChI is InChI=1S/C14H13ClN2O2S/c1-8-13(9(2)19-16-8)14(18)17-5-6-20-12-4-3-10(15)7-11(12)17/h3-4,7H,5-6H2,1-2H3. The number of carbonyl (C=O) groups is 1.